The highest BCUT2D eigenvalue weighted by atomic mass is 19.4. The number of alkyl halides is 3. The first-order valence-corrected chi connectivity index (χ1v) is 14.0. The maximum absolute atomic E-state index is 13.4. The van der Waals surface area contributed by atoms with Gasteiger partial charge in [0, 0.05) is 56.6 Å². The fraction of sp³-hybridized carbons (Fsp3) is 0.344. The SMILES string of the molecule is CCN(CCN1CCN(c2ccccc2C(F)(F)F)CC1)Cc1cc(-c2ccc(OCc3ccccc3)cc2)no1. The summed E-state index contributed by atoms with van der Waals surface area (Å²) >= 11 is 0. The molecule has 0 N–H and O–H groups in total. The Balaban J connectivity index is 1.09. The molecule has 9 heteroatoms. The van der Waals surface area contributed by atoms with Crippen molar-refractivity contribution >= 4 is 5.69 Å². The van der Waals surface area contributed by atoms with Crippen molar-refractivity contribution in [1.82, 2.24) is 15.0 Å². The van der Waals surface area contributed by atoms with E-state index in [-0.39, 0.29) is 5.69 Å². The lowest BCUT2D eigenvalue weighted by Gasteiger charge is -2.37. The van der Waals surface area contributed by atoms with Gasteiger partial charge in [-0.05, 0) is 48.5 Å². The maximum Gasteiger partial charge on any atom is 0.418 e. The molecule has 1 aliphatic heterocycles. The van der Waals surface area contributed by atoms with E-state index in [4.69, 9.17) is 9.26 Å². The zero-order valence-corrected chi connectivity index (χ0v) is 23.2. The molecule has 5 rings (SSSR count). The van der Waals surface area contributed by atoms with Crippen molar-refractivity contribution in [2.45, 2.75) is 26.3 Å². The van der Waals surface area contributed by atoms with Gasteiger partial charge in [-0.25, -0.2) is 0 Å². The molecule has 0 unspecified atom stereocenters. The van der Waals surface area contributed by atoms with Crippen LogP contribution in [-0.2, 0) is 19.3 Å². The number of hydrogen-bond acceptors (Lipinski definition) is 6. The topological polar surface area (TPSA) is 45.0 Å². The zero-order valence-electron chi connectivity index (χ0n) is 23.2. The Bertz CT molecular complexity index is 1370. The van der Waals surface area contributed by atoms with E-state index in [1.54, 1.807) is 12.1 Å². The lowest BCUT2D eigenvalue weighted by atomic mass is 10.1. The minimum atomic E-state index is -4.35. The number of hydrogen-bond donors (Lipinski definition) is 0. The predicted octanol–water partition coefficient (Wildman–Crippen LogP) is 6.58. The summed E-state index contributed by atoms with van der Waals surface area (Å²) in [5, 5.41) is 4.27. The van der Waals surface area contributed by atoms with E-state index in [1.165, 1.54) is 6.07 Å². The molecule has 41 heavy (non-hydrogen) atoms. The first-order chi connectivity index (χ1) is 19.9. The monoisotopic (exact) mass is 564 g/mol. The molecular weight excluding hydrogens is 529 g/mol. The molecule has 0 atom stereocenters. The standard InChI is InChI=1S/C32H35F3N4O2/c1-2-37(16-17-38-18-20-39(21-19-38)31-11-7-6-10-29(31)32(33,34)35)23-28-22-30(36-41-28)26-12-14-27(15-13-26)40-24-25-8-4-3-5-9-25/h3-15,22H,2,16-21,23-24H2,1H3. The minimum absolute atomic E-state index is 0.269. The van der Waals surface area contributed by atoms with E-state index in [0.29, 0.717) is 26.2 Å². The Morgan fingerprint density at radius 2 is 1.61 bits per heavy atom. The van der Waals surface area contributed by atoms with Crippen LogP contribution in [0.5, 0.6) is 5.75 Å². The van der Waals surface area contributed by atoms with Gasteiger partial charge in [-0.1, -0.05) is 54.5 Å². The molecule has 0 aliphatic carbocycles. The number of benzene rings is 3. The largest absolute Gasteiger partial charge is 0.489 e. The van der Waals surface area contributed by atoms with Crippen LogP contribution in [0.15, 0.2) is 89.5 Å². The van der Waals surface area contributed by atoms with Gasteiger partial charge in [0.2, 0.25) is 0 Å². The highest BCUT2D eigenvalue weighted by molar-refractivity contribution is 5.60. The van der Waals surface area contributed by atoms with Crippen molar-refractivity contribution in [3.8, 4) is 17.0 Å². The number of ether oxygens (including phenoxy) is 1. The van der Waals surface area contributed by atoms with Crippen LogP contribution in [0.25, 0.3) is 11.3 Å². The van der Waals surface area contributed by atoms with Crippen LogP contribution >= 0.6 is 0 Å². The number of halogens is 3. The number of nitrogens with zero attached hydrogens (tertiary/aromatic N) is 4. The number of rotatable bonds is 11. The molecule has 1 aromatic heterocycles. The van der Waals surface area contributed by atoms with Crippen LogP contribution in [0.1, 0.15) is 23.8 Å². The van der Waals surface area contributed by atoms with Crippen molar-refractivity contribution in [2.75, 3.05) is 50.7 Å². The van der Waals surface area contributed by atoms with Crippen molar-refractivity contribution < 1.29 is 22.4 Å². The average Bonchev–Trinajstić information content (AvgIpc) is 3.47. The summed E-state index contributed by atoms with van der Waals surface area (Å²) in [7, 11) is 0. The maximum atomic E-state index is 13.4. The molecule has 0 amide bonds. The first-order valence-electron chi connectivity index (χ1n) is 14.0. The normalized spacial score (nSPS) is 14.5. The third-order valence-electron chi connectivity index (χ3n) is 7.44. The molecule has 2 heterocycles. The predicted molar refractivity (Wildman–Crippen MR) is 154 cm³/mol. The summed E-state index contributed by atoms with van der Waals surface area (Å²) < 4.78 is 51.9. The smallest absolute Gasteiger partial charge is 0.418 e. The van der Waals surface area contributed by atoms with Gasteiger partial charge in [-0.2, -0.15) is 13.2 Å². The van der Waals surface area contributed by atoms with E-state index < -0.39 is 11.7 Å². The van der Waals surface area contributed by atoms with Gasteiger partial charge in [0.15, 0.2) is 5.76 Å². The van der Waals surface area contributed by atoms with Crippen LogP contribution in [-0.4, -0.2) is 60.8 Å². The highest BCUT2D eigenvalue weighted by Crippen LogP contribution is 2.36. The van der Waals surface area contributed by atoms with E-state index in [9.17, 15) is 13.2 Å². The zero-order chi connectivity index (χ0) is 28.7. The second-order valence-corrected chi connectivity index (χ2v) is 10.2. The summed E-state index contributed by atoms with van der Waals surface area (Å²) in [6.07, 6.45) is -4.35. The fourth-order valence-corrected chi connectivity index (χ4v) is 5.04. The Morgan fingerprint density at radius 3 is 2.32 bits per heavy atom. The van der Waals surface area contributed by atoms with Crippen molar-refractivity contribution in [3.05, 3.63) is 102 Å². The molecule has 216 valence electrons. The molecule has 4 aromatic rings. The lowest BCUT2D eigenvalue weighted by Crippen LogP contribution is -2.48. The van der Waals surface area contributed by atoms with Gasteiger partial charge in [0.1, 0.15) is 18.1 Å². The van der Waals surface area contributed by atoms with Crippen LogP contribution in [0.4, 0.5) is 18.9 Å². The van der Waals surface area contributed by atoms with Gasteiger partial charge in [0.05, 0.1) is 12.1 Å². The van der Waals surface area contributed by atoms with Crippen LogP contribution < -0.4 is 9.64 Å². The third kappa shape index (κ3) is 7.68. The molecule has 1 aliphatic rings. The average molecular weight is 565 g/mol. The summed E-state index contributed by atoms with van der Waals surface area (Å²) in [5.41, 5.74) is 2.56. The summed E-state index contributed by atoms with van der Waals surface area (Å²) in [6.45, 7) is 8.38. The highest BCUT2D eigenvalue weighted by Gasteiger charge is 2.35. The van der Waals surface area contributed by atoms with Crippen molar-refractivity contribution in [1.29, 1.82) is 0 Å². The summed E-state index contributed by atoms with van der Waals surface area (Å²) in [5.74, 6) is 1.59. The Kier molecular flexibility index (Phi) is 9.26. The number of likely N-dealkylation sites (N-methyl/N-ethyl adjacent to an activating group) is 1. The van der Waals surface area contributed by atoms with Crippen LogP contribution in [0.2, 0.25) is 0 Å². The Hall–Kier alpha value is -3.82. The molecular formula is C32H35F3N4O2. The van der Waals surface area contributed by atoms with Crippen LogP contribution in [0, 0.1) is 0 Å². The Morgan fingerprint density at radius 1 is 0.902 bits per heavy atom. The second-order valence-electron chi connectivity index (χ2n) is 10.2. The van der Waals surface area contributed by atoms with Crippen molar-refractivity contribution in [3.63, 3.8) is 0 Å². The molecule has 0 radical (unpaired) electrons. The molecule has 0 saturated carbocycles. The van der Waals surface area contributed by atoms with Gasteiger partial charge < -0.3 is 14.2 Å². The van der Waals surface area contributed by atoms with Gasteiger partial charge in [-0.3, -0.25) is 9.80 Å². The number of para-hydroxylation sites is 1. The Labute approximate surface area is 238 Å². The van der Waals surface area contributed by atoms with Gasteiger partial charge in [-0.15, -0.1) is 0 Å². The molecule has 1 fully saturated rings. The second kappa shape index (κ2) is 13.2. The summed E-state index contributed by atoms with van der Waals surface area (Å²) in [6, 6.07) is 25.7. The quantitative estimate of drug-likeness (QED) is 0.205. The third-order valence-corrected chi connectivity index (χ3v) is 7.44. The molecule has 0 spiro atoms. The van der Waals surface area contributed by atoms with Gasteiger partial charge >= 0.3 is 6.18 Å². The number of aromatic nitrogens is 1. The fourth-order valence-electron chi connectivity index (χ4n) is 5.04. The molecule has 0 bridgehead atoms. The number of piperazine rings is 1. The van der Waals surface area contributed by atoms with E-state index >= 15 is 0 Å². The summed E-state index contributed by atoms with van der Waals surface area (Å²) in [4.78, 5) is 6.44. The van der Waals surface area contributed by atoms with Gasteiger partial charge in [0.25, 0.3) is 0 Å². The molecule has 6 nitrogen and oxygen atoms in total. The minimum Gasteiger partial charge on any atom is -0.489 e. The number of anilines is 1. The molecule has 1 saturated heterocycles. The molecule has 3 aromatic carbocycles. The van der Waals surface area contributed by atoms with E-state index in [2.05, 4.69) is 21.9 Å². The van der Waals surface area contributed by atoms with Crippen LogP contribution in [0.3, 0.4) is 0 Å². The van der Waals surface area contributed by atoms with E-state index in [0.717, 1.165) is 67.1 Å². The van der Waals surface area contributed by atoms with E-state index in [1.807, 2.05) is 65.6 Å². The lowest BCUT2D eigenvalue weighted by molar-refractivity contribution is -0.137. The van der Waals surface area contributed by atoms with Crippen molar-refractivity contribution in [2.24, 2.45) is 0 Å². The first kappa shape index (κ1) is 28.7.